The largest absolute Gasteiger partial charge is 0.309 e. The Bertz CT molecular complexity index is 531. The van der Waals surface area contributed by atoms with Crippen molar-refractivity contribution in [3.8, 4) is 0 Å². The summed E-state index contributed by atoms with van der Waals surface area (Å²) in [4.78, 5) is 4.37. The Morgan fingerprint density at radius 3 is 2.84 bits per heavy atom. The molecule has 1 aromatic heterocycles. The second-order valence-electron chi connectivity index (χ2n) is 4.30. The molecule has 0 fully saturated rings. The quantitative estimate of drug-likeness (QED) is 0.903. The van der Waals surface area contributed by atoms with Gasteiger partial charge < -0.3 is 5.32 Å². The molecule has 2 rings (SSSR count). The van der Waals surface area contributed by atoms with E-state index in [0.29, 0.717) is 6.42 Å². The van der Waals surface area contributed by atoms with Gasteiger partial charge in [-0.2, -0.15) is 0 Å². The Kier molecular flexibility index (Phi) is 5.05. The Morgan fingerprint density at radius 2 is 2.16 bits per heavy atom. The van der Waals surface area contributed by atoms with Crippen LogP contribution in [0.1, 0.15) is 24.2 Å². The highest BCUT2D eigenvalue weighted by atomic mass is 79.9. The lowest BCUT2D eigenvalue weighted by Gasteiger charge is -2.18. The zero-order valence-corrected chi connectivity index (χ0v) is 12.3. The molecule has 100 valence electrons. The van der Waals surface area contributed by atoms with Crippen LogP contribution in [0.15, 0.2) is 47.1 Å². The predicted molar refractivity (Wildman–Crippen MR) is 78.5 cm³/mol. The van der Waals surface area contributed by atoms with Gasteiger partial charge in [0.1, 0.15) is 5.82 Å². The van der Waals surface area contributed by atoms with Crippen LogP contribution in [0, 0.1) is 5.82 Å². The maximum Gasteiger partial charge on any atom is 0.123 e. The van der Waals surface area contributed by atoms with Crippen molar-refractivity contribution in [1.29, 1.82) is 0 Å². The summed E-state index contributed by atoms with van der Waals surface area (Å²) in [6, 6.07) is 10.7. The lowest BCUT2D eigenvalue weighted by molar-refractivity contribution is 0.533. The Labute approximate surface area is 121 Å². The van der Waals surface area contributed by atoms with Gasteiger partial charge in [0, 0.05) is 10.7 Å². The van der Waals surface area contributed by atoms with Crippen LogP contribution < -0.4 is 5.32 Å². The van der Waals surface area contributed by atoms with Crippen LogP contribution in [-0.4, -0.2) is 11.5 Å². The standard InChI is InChI=1S/C15H16BrFN2/c1-2-18-15(14-5-3-4-8-19-14)10-11-9-12(17)6-7-13(11)16/h3-9,15,18H,2,10H2,1H3. The van der Waals surface area contributed by atoms with Gasteiger partial charge in [-0.05, 0) is 48.9 Å². The Balaban J connectivity index is 2.24. The zero-order chi connectivity index (χ0) is 13.7. The number of benzene rings is 1. The molecule has 2 aromatic rings. The number of pyridine rings is 1. The van der Waals surface area contributed by atoms with Gasteiger partial charge in [-0.3, -0.25) is 4.98 Å². The van der Waals surface area contributed by atoms with Crippen LogP contribution in [0.4, 0.5) is 4.39 Å². The fourth-order valence-corrected chi connectivity index (χ4v) is 2.44. The first kappa shape index (κ1) is 14.2. The van der Waals surface area contributed by atoms with Crippen LogP contribution in [0.3, 0.4) is 0 Å². The molecule has 1 atom stereocenters. The number of aromatic nitrogens is 1. The summed E-state index contributed by atoms with van der Waals surface area (Å²) in [5.41, 5.74) is 1.91. The molecule has 0 saturated carbocycles. The zero-order valence-electron chi connectivity index (χ0n) is 10.7. The van der Waals surface area contributed by atoms with E-state index in [1.807, 2.05) is 18.2 Å². The number of hydrogen-bond donors (Lipinski definition) is 1. The highest BCUT2D eigenvalue weighted by Crippen LogP contribution is 2.23. The van der Waals surface area contributed by atoms with E-state index in [-0.39, 0.29) is 11.9 Å². The summed E-state index contributed by atoms with van der Waals surface area (Å²) in [7, 11) is 0. The number of rotatable bonds is 5. The number of nitrogens with zero attached hydrogens (tertiary/aromatic N) is 1. The molecule has 0 spiro atoms. The molecule has 0 aliphatic heterocycles. The molecule has 1 N–H and O–H groups in total. The minimum Gasteiger partial charge on any atom is -0.309 e. The van der Waals surface area contributed by atoms with Gasteiger partial charge in [-0.1, -0.05) is 28.9 Å². The van der Waals surface area contributed by atoms with Crippen molar-refractivity contribution < 1.29 is 4.39 Å². The first-order chi connectivity index (χ1) is 9.20. The summed E-state index contributed by atoms with van der Waals surface area (Å²) < 4.78 is 14.3. The fraction of sp³-hybridized carbons (Fsp3) is 0.267. The van der Waals surface area contributed by atoms with Crippen LogP contribution in [0.5, 0.6) is 0 Å². The van der Waals surface area contributed by atoms with Crippen molar-refractivity contribution in [2.45, 2.75) is 19.4 Å². The highest BCUT2D eigenvalue weighted by molar-refractivity contribution is 9.10. The summed E-state index contributed by atoms with van der Waals surface area (Å²) in [5.74, 6) is -0.213. The van der Waals surface area contributed by atoms with Crippen molar-refractivity contribution in [3.63, 3.8) is 0 Å². The monoisotopic (exact) mass is 322 g/mol. The van der Waals surface area contributed by atoms with Gasteiger partial charge in [0.05, 0.1) is 11.7 Å². The second-order valence-corrected chi connectivity index (χ2v) is 5.16. The highest BCUT2D eigenvalue weighted by Gasteiger charge is 2.14. The molecule has 4 heteroatoms. The number of nitrogens with one attached hydrogen (secondary N) is 1. The molecule has 0 bridgehead atoms. The average Bonchev–Trinajstić information content (AvgIpc) is 2.43. The van der Waals surface area contributed by atoms with Crippen molar-refractivity contribution in [2.24, 2.45) is 0 Å². The second kappa shape index (κ2) is 6.78. The minimum absolute atomic E-state index is 0.0873. The molecule has 2 nitrogen and oxygen atoms in total. The molecule has 1 unspecified atom stereocenters. The summed E-state index contributed by atoms with van der Waals surface area (Å²) in [6.45, 7) is 2.89. The maximum atomic E-state index is 13.3. The van der Waals surface area contributed by atoms with E-state index >= 15 is 0 Å². The average molecular weight is 323 g/mol. The third-order valence-electron chi connectivity index (χ3n) is 2.93. The number of hydrogen-bond acceptors (Lipinski definition) is 2. The molecule has 0 aliphatic rings. The third kappa shape index (κ3) is 3.85. The summed E-state index contributed by atoms with van der Waals surface area (Å²) in [5, 5.41) is 3.39. The molecule has 1 aromatic carbocycles. The lowest BCUT2D eigenvalue weighted by Crippen LogP contribution is -2.24. The number of halogens is 2. The molecular formula is C15H16BrFN2. The maximum absolute atomic E-state index is 13.3. The SMILES string of the molecule is CCNC(Cc1cc(F)ccc1Br)c1ccccn1. The summed E-state index contributed by atoms with van der Waals surface area (Å²) in [6.07, 6.45) is 2.48. The predicted octanol–water partition coefficient (Wildman–Crippen LogP) is 3.88. The Morgan fingerprint density at radius 1 is 1.32 bits per heavy atom. The molecule has 0 saturated heterocycles. The van der Waals surface area contributed by atoms with E-state index in [1.54, 1.807) is 18.3 Å². The first-order valence-corrected chi connectivity index (χ1v) is 7.08. The molecule has 19 heavy (non-hydrogen) atoms. The van der Waals surface area contributed by atoms with Gasteiger partial charge in [0.15, 0.2) is 0 Å². The smallest absolute Gasteiger partial charge is 0.123 e. The molecule has 0 amide bonds. The van der Waals surface area contributed by atoms with E-state index in [0.717, 1.165) is 22.3 Å². The minimum atomic E-state index is -0.213. The normalized spacial score (nSPS) is 12.4. The van der Waals surface area contributed by atoms with Crippen molar-refractivity contribution in [2.75, 3.05) is 6.54 Å². The molecule has 0 aliphatic carbocycles. The topological polar surface area (TPSA) is 24.9 Å². The van der Waals surface area contributed by atoms with Crippen molar-refractivity contribution in [1.82, 2.24) is 10.3 Å². The number of likely N-dealkylation sites (N-methyl/N-ethyl adjacent to an activating group) is 1. The van der Waals surface area contributed by atoms with Gasteiger partial charge in [-0.15, -0.1) is 0 Å². The van der Waals surface area contributed by atoms with Crippen LogP contribution in [0.2, 0.25) is 0 Å². The third-order valence-corrected chi connectivity index (χ3v) is 3.70. The van der Waals surface area contributed by atoms with Crippen molar-refractivity contribution in [3.05, 3.63) is 64.1 Å². The molecule has 0 radical (unpaired) electrons. The first-order valence-electron chi connectivity index (χ1n) is 6.29. The van der Waals surface area contributed by atoms with Gasteiger partial charge in [0.25, 0.3) is 0 Å². The van der Waals surface area contributed by atoms with Crippen LogP contribution >= 0.6 is 15.9 Å². The van der Waals surface area contributed by atoms with Crippen LogP contribution in [0.25, 0.3) is 0 Å². The fourth-order valence-electron chi connectivity index (χ4n) is 2.03. The van der Waals surface area contributed by atoms with E-state index in [4.69, 9.17) is 0 Å². The van der Waals surface area contributed by atoms with Crippen molar-refractivity contribution >= 4 is 15.9 Å². The molecule has 1 heterocycles. The van der Waals surface area contributed by atoms with E-state index in [1.165, 1.54) is 6.07 Å². The lowest BCUT2D eigenvalue weighted by atomic mass is 10.0. The van der Waals surface area contributed by atoms with E-state index in [2.05, 4.69) is 33.2 Å². The van der Waals surface area contributed by atoms with E-state index in [9.17, 15) is 4.39 Å². The van der Waals surface area contributed by atoms with Gasteiger partial charge in [-0.25, -0.2) is 4.39 Å². The Hall–Kier alpha value is -1.26. The van der Waals surface area contributed by atoms with Gasteiger partial charge >= 0.3 is 0 Å². The molecular weight excluding hydrogens is 307 g/mol. The van der Waals surface area contributed by atoms with Crippen LogP contribution in [-0.2, 0) is 6.42 Å². The summed E-state index contributed by atoms with van der Waals surface area (Å²) >= 11 is 3.47. The van der Waals surface area contributed by atoms with E-state index < -0.39 is 0 Å². The van der Waals surface area contributed by atoms with Gasteiger partial charge in [0.2, 0.25) is 0 Å².